The van der Waals surface area contributed by atoms with E-state index < -0.39 is 0 Å². The minimum absolute atomic E-state index is 0.0401. The fourth-order valence-electron chi connectivity index (χ4n) is 2.84. The molecule has 2 atom stereocenters. The third-order valence-electron chi connectivity index (χ3n) is 4.27. The number of carbonyl (C=O) groups excluding carboxylic acids is 1. The van der Waals surface area contributed by atoms with E-state index in [-0.39, 0.29) is 24.1 Å². The SMILES string of the molecule is CSCc1ccc(NC(=O)NC2CCCC2(C)CO)cc1. The van der Waals surface area contributed by atoms with E-state index in [2.05, 4.69) is 16.9 Å². The Hall–Kier alpha value is -1.20. The number of rotatable bonds is 5. The number of hydrogen-bond acceptors (Lipinski definition) is 3. The van der Waals surface area contributed by atoms with Crippen molar-refractivity contribution in [2.45, 2.75) is 38.0 Å². The van der Waals surface area contributed by atoms with Gasteiger partial charge in [-0.15, -0.1) is 0 Å². The van der Waals surface area contributed by atoms with Crippen LogP contribution in [0.3, 0.4) is 0 Å². The average molecular weight is 308 g/mol. The molecule has 0 spiro atoms. The first kappa shape index (κ1) is 16.2. The van der Waals surface area contributed by atoms with Gasteiger partial charge in [-0.1, -0.05) is 25.5 Å². The molecule has 1 saturated carbocycles. The Morgan fingerprint density at radius 3 is 2.76 bits per heavy atom. The zero-order valence-electron chi connectivity index (χ0n) is 12.7. The molecule has 0 aliphatic heterocycles. The van der Waals surface area contributed by atoms with Crippen molar-refractivity contribution < 1.29 is 9.90 Å². The van der Waals surface area contributed by atoms with E-state index in [1.807, 2.05) is 31.2 Å². The molecule has 2 rings (SSSR count). The summed E-state index contributed by atoms with van der Waals surface area (Å²) in [6.45, 7) is 2.14. The molecule has 1 aliphatic rings. The third kappa shape index (κ3) is 4.14. The van der Waals surface area contributed by atoms with E-state index in [0.717, 1.165) is 30.7 Å². The Bertz CT molecular complexity index is 478. The van der Waals surface area contributed by atoms with Crippen LogP contribution < -0.4 is 10.6 Å². The maximum atomic E-state index is 12.1. The zero-order chi connectivity index (χ0) is 15.3. The van der Waals surface area contributed by atoms with Crippen LogP contribution in [0.25, 0.3) is 0 Å². The van der Waals surface area contributed by atoms with Crippen LogP contribution in [-0.4, -0.2) is 30.0 Å². The van der Waals surface area contributed by atoms with Crippen LogP contribution in [-0.2, 0) is 5.75 Å². The molecule has 0 radical (unpaired) electrons. The Balaban J connectivity index is 1.89. The molecular formula is C16H24N2O2S. The summed E-state index contributed by atoms with van der Waals surface area (Å²) in [5.41, 5.74) is 1.85. The minimum atomic E-state index is -0.195. The van der Waals surface area contributed by atoms with Crippen LogP contribution in [0, 0.1) is 5.41 Å². The number of benzene rings is 1. The highest BCUT2D eigenvalue weighted by Crippen LogP contribution is 2.37. The monoisotopic (exact) mass is 308 g/mol. The number of aliphatic hydroxyl groups excluding tert-OH is 1. The number of aliphatic hydroxyl groups is 1. The van der Waals surface area contributed by atoms with Crippen molar-refractivity contribution in [3.05, 3.63) is 29.8 Å². The van der Waals surface area contributed by atoms with Crippen LogP contribution in [0.4, 0.5) is 10.5 Å². The fourth-order valence-corrected chi connectivity index (χ4v) is 3.37. The van der Waals surface area contributed by atoms with Gasteiger partial charge in [0.15, 0.2) is 0 Å². The van der Waals surface area contributed by atoms with Gasteiger partial charge in [-0.25, -0.2) is 4.79 Å². The molecule has 0 bridgehead atoms. The number of carbonyl (C=O) groups is 1. The van der Waals surface area contributed by atoms with Gasteiger partial charge in [0.2, 0.25) is 0 Å². The zero-order valence-corrected chi connectivity index (χ0v) is 13.5. The van der Waals surface area contributed by atoms with E-state index in [4.69, 9.17) is 0 Å². The summed E-state index contributed by atoms with van der Waals surface area (Å²) < 4.78 is 0. The quantitative estimate of drug-likeness (QED) is 0.782. The van der Waals surface area contributed by atoms with E-state index in [9.17, 15) is 9.90 Å². The topological polar surface area (TPSA) is 61.4 Å². The second kappa shape index (κ2) is 7.18. The second-order valence-corrected chi connectivity index (χ2v) is 6.85. The lowest BCUT2D eigenvalue weighted by Crippen LogP contribution is -2.46. The van der Waals surface area contributed by atoms with Crippen LogP contribution >= 0.6 is 11.8 Å². The van der Waals surface area contributed by atoms with E-state index in [1.54, 1.807) is 11.8 Å². The first-order valence-electron chi connectivity index (χ1n) is 7.33. The van der Waals surface area contributed by atoms with Crippen LogP contribution in [0.15, 0.2) is 24.3 Å². The first-order valence-corrected chi connectivity index (χ1v) is 8.73. The normalized spacial score (nSPS) is 24.8. The number of urea groups is 1. The fraction of sp³-hybridized carbons (Fsp3) is 0.562. The molecule has 2 unspecified atom stereocenters. The van der Waals surface area contributed by atoms with Crippen LogP contribution in [0.2, 0.25) is 0 Å². The standard InChI is InChI=1S/C16H24N2O2S/c1-16(11-19)9-3-4-14(16)18-15(20)17-13-7-5-12(6-8-13)10-21-2/h5-8,14,19H,3-4,9-11H2,1-2H3,(H2,17,18,20). The summed E-state index contributed by atoms with van der Waals surface area (Å²) >= 11 is 1.77. The van der Waals surface area contributed by atoms with E-state index >= 15 is 0 Å². The predicted molar refractivity (Wildman–Crippen MR) is 88.6 cm³/mol. The van der Waals surface area contributed by atoms with Gasteiger partial charge in [-0.2, -0.15) is 11.8 Å². The molecule has 3 N–H and O–H groups in total. The Morgan fingerprint density at radius 1 is 1.43 bits per heavy atom. The number of nitrogens with one attached hydrogen (secondary N) is 2. The summed E-state index contributed by atoms with van der Waals surface area (Å²) in [6.07, 6.45) is 5.00. The van der Waals surface area contributed by atoms with Crippen molar-refractivity contribution in [3.63, 3.8) is 0 Å². The Morgan fingerprint density at radius 2 is 2.14 bits per heavy atom. The van der Waals surface area contributed by atoms with Crippen molar-refractivity contribution in [3.8, 4) is 0 Å². The molecule has 0 heterocycles. The summed E-state index contributed by atoms with van der Waals surface area (Å²) in [7, 11) is 0. The van der Waals surface area contributed by atoms with Crippen LogP contribution in [0.1, 0.15) is 31.7 Å². The highest BCUT2D eigenvalue weighted by atomic mass is 32.2. The maximum Gasteiger partial charge on any atom is 0.319 e. The molecule has 0 aromatic heterocycles. The smallest absolute Gasteiger partial charge is 0.319 e. The summed E-state index contributed by atoms with van der Waals surface area (Å²) in [4.78, 5) is 12.1. The molecule has 21 heavy (non-hydrogen) atoms. The van der Waals surface area contributed by atoms with Crippen molar-refractivity contribution in [1.29, 1.82) is 0 Å². The van der Waals surface area contributed by atoms with Gasteiger partial charge in [0.05, 0.1) is 6.61 Å². The second-order valence-electron chi connectivity index (χ2n) is 5.99. The van der Waals surface area contributed by atoms with Gasteiger partial charge in [-0.05, 0) is 36.8 Å². The average Bonchev–Trinajstić information content (AvgIpc) is 2.83. The number of thioether (sulfide) groups is 1. The van der Waals surface area contributed by atoms with Crippen molar-refractivity contribution in [2.75, 3.05) is 18.2 Å². The van der Waals surface area contributed by atoms with Crippen LogP contribution in [0.5, 0.6) is 0 Å². The number of amides is 2. The summed E-state index contributed by atoms with van der Waals surface area (Å²) in [6, 6.07) is 7.74. The maximum absolute atomic E-state index is 12.1. The first-order chi connectivity index (χ1) is 10.1. The largest absolute Gasteiger partial charge is 0.396 e. The molecule has 4 nitrogen and oxygen atoms in total. The van der Waals surface area contributed by atoms with Gasteiger partial charge in [0.1, 0.15) is 0 Å². The minimum Gasteiger partial charge on any atom is -0.396 e. The lowest BCUT2D eigenvalue weighted by Gasteiger charge is -2.30. The lowest BCUT2D eigenvalue weighted by atomic mass is 9.86. The van der Waals surface area contributed by atoms with Crippen molar-refractivity contribution >= 4 is 23.5 Å². The molecule has 2 amide bonds. The molecule has 1 aliphatic carbocycles. The molecule has 1 aromatic rings. The van der Waals surface area contributed by atoms with Gasteiger partial charge in [0.25, 0.3) is 0 Å². The Kier molecular flexibility index (Phi) is 5.53. The van der Waals surface area contributed by atoms with Crippen molar-refractivity contribution in [1.82, 2.24) is 5.32 Å². The molecular weight excluding hydrogens is 284 g/mol. The number of hydrogen-bond donors (Lipinski definition) is 3. The number of anilines is 1. The molecule has 0 saturated heterocycles. The molecule has 116 valence electrons. The van der Waals surface area contributed by atoms with Gasteiger partial charge >= 0.3 is 6.03 Å². The van der Waals surface area contributed by atoms with Crippen molar-refractivity contribution in [2.24, 2.45) is 5.41 Å². The van der Waals surface area contributed by atoms with E-state index in [0.29, 0.717) is 0 Å². The Labute approximate surface area is 130 Å². The van der Waals surface area contributed by atoms with E-state index in [1.165, 1.54) is 5.56 Å². The third-order valence-corrected chi connectivity index (χ3v) is 4.89. The summed E-state index contributed by atoms with van der Waals surface area (Å²) in [5.74, 6) is 0.976. The predicted octanol–water partition coefficient (Wildman–Crippen LogP) is 3.22. The van der Waals surface area contributed by atoms with Gasteiger partial charge < -0.3 is 15.7 Å². The highest BCUT2D eigenvalue weighted by Gasteiger charge is 2.39. The molecule has 5 heteroatoms. The highest BCUT2D eigenvalue weighted by molar-refractivity contribution is 7.97. The summed E-state index contributed by atoms with van der Waals surface area (Å²) in [5, 5.41) is 15.4. The molecule has 1 aromatic carbocycles. The lowest BCUT2D eigenvalue weighted by molar-refractivity contribution is 0.122. The molecule has 1 fully saturated rings. The van der Waals surface area contributed by atoms with Gasteiger partial charge in [-0.3, -0.25) is 0 Å². The van der Waals surface area contributed by atoms with Gasteiger partial charge in [0, 0.05) is 22.9 Å².